The van der Waals surface area contributed by atoms with Gasteiger partial charge in [0.1, 0.15) is 18.8 Å². The van der Waals surface area contributed by atoms with Gasteiger partial charge in [0.25, 0.3) is 5.91 Å². The molecule has 142 valence electrons. The summed E-state index contributed by atoms with van der Waals surface area (Å²) >= 11 is 0. The van der Waals surface area contributed by atoms with Gasteiger partial charge in [-0.1, -0.05) is 30.3 Å². The Balaban J connectivity index is 1.98. The zero-order chi connectivity index (χ0) is 19.3. The lowest BCUT2D eigenvalue weighted by Gasteiger charge is -2.41. The van der Waals surface area contributed by atoms with E-state index in [9.17, 15) is 19.5 Å². The quantitative estimate of drug-likeness (QED) is 0.525. The molecule has 1 fully saturated rings. The van der Waals surface area contributed by atoms with Crippen molar-refractivity contribution < 1.29 is 29.0 Å². The van der Waals surface area contributed by atoms with Crippen LogP contribution in [0.15, 0.2) is 30.3 Å². The predicted molar refractivity (Wildman–Crippen MR) is 90.7 cm³/mol. The number of aliphatic hydroxyl groups is 1. The Kier molecular flexibility index (Phi) is 6.17. The Hall–Kier alpha value is -2.65. The van der Waals surface area contributed by atoms with E-state index in [1.807, 2.05) is 30.3 Å². The van der Waals surface area contributed by atoms with Crippen LogP contribution in [0.4, 0.5) is 4.79 Å². The van der Waals surface area contributed by atoms with Crippen molar-refractivity contribution in [3.8, 4) is 0 Å². The van der Waals surface area contributed by atoms with Crippen molar-refractivity contribution in [3.05, 3.63) is 35.9 Å². The number of benzene rings is 1. The number of esters is 1. The number of carbonyl (C=O) groups excluding carboxylic acids is 3. The lowest BCUT2D eigenvalue weighted by molar-refractivity contribution is -0.154. The average Bonchev–Trinajstić information content (AvgIpc) is 2.62. The highest BCUT2D eigenvalue weighted by atomic mass is 16.5. The van der Waals surface area contributed by atoms with Crippen LogP contribution in [-0.4, -0.2) is 54.0 Å². The van der Waals surface area contributed by atoms with E-state index in [0.717, 1.165) is 12.7 Å². The second-order valence-electron chi connectivity index (χ2n) is 6.46. The van der Waals surface area contributed by atoms with E-state index < -0.39 is 41.8 Å². The Morgan fingerprint density at radius 1 is 1.27 bits per heavy atom. The molecule has 1 saturated heterocycles. The predicted octanol–water partition coefficient (Wildman–Crippen LogP) is -0.361. The summed E-state index contributed by atoms with van der Waals surface area (Å²) < 4.78 is 9.75. The molecule has 3 atom stereocenters. The Labute approximate surface area is 151 Å². The number of nitrogens with one attached hydrogen (secondary N) is 3. The molecule has 1 aromatic rings. The molecule has 2 rings (SSSR count). The lowest BCUT2D eigenvalue weighted by atomic mass is 9.96. The maximum absolute atomic E-state index is 12.1. The van der Waals surface area contributed by atoms with Crippen LogP contribution >= 0.6 is 0 Å². The van der Waals surface area contributed by atoms with Gasteiger partial charge in [-0.25, -0.2) is 4.79 Å². The number of aliphatic hydroxyl groups excluding tert-OH is 1. The number of amides is 2. The van der Waals surface area contributed by atoms with Gasteiger partial charge in [-0.05, 0) is 19.4 Å². The Morgan fingerprint density at radius 3 is 2.54 bits per heavy atom. The minimum absolute atomic E-state index is 0.0940. The molecule has 9 nitrogen and oxygen atoms in total. The normalized spacial score (nSPS) is 22.9. The molecule has 26 heavy (non-hydrogen) atoms. The fourth-order valence-corrected chi connectivity index (χ4v) is 2.50. The lowest BCUT2D eigenvalue weighted by Crippen LogP contribution is -2.74. The molecule has 1 heterocycles. The Bertz CT molecular complexity index is 664. The van der Waals surface area contributed by atoms with Crippen molar-refractivity contribution >= 4 is 18.0 Å². The maximum Gasteiger partial charge on any atom is 0.408 e. The fraction of sp³-hybridized carbons (Fsp3) is 0.471. The van der Waals surface area contributed by atoms with Gasteiger partial charge in [0.15, 0.2) is 6.10 Å². The first-order valence-corrected chi connectivity index (χ1v) is 8.06. The monoisotopic (exact) mass is 365 g/mol. The van der Waals surface area contributed by atoms with E-state index in [0.29, 0.717) is 0 Å². The van der Waals surface area contributed by atoms with E-state index in [2.05, 4.69) is 20.7 Å². The van der Waals surface area contributed by atoms with Crippen LogP contribution in [0.2, 0.25) is 0 Å². The molecule has 3 unspecified atom stereocenters. The summed E-state index contributed by atoms with van der Waals surface area (Å²) in [6.45, 7) is 3.37. The highest BCUT2D eigenvalue weighted by molar-refractivity contribution is 5.90. The first kappa shape index (κ1) is 19.7. The SMILES string of the molecule is COC(=O)C1NC(C(C)(C)NC(=O)OCc2ccccc2)NC(=O)C1O. The van der Waals surface area contributed by atoms with Crippen molar-refractivity contribution in [1.82, 2.24) is 16.0 Å². The van der Waals surface area contributed by atoms with E-state index >= 15 is 0 Å². The first-order valence-electron chi connectivity index (χ1n) is 8.06. The number of rotatable bonds is 5. The number of alkyl carbamates (subject to hydrolysis) is 1. The van der Waals surface area contributed by atoms with E-state index in [-0.39, 0.29) is 6.61 Å². The van der Waals surface area contributed by atoms with Crippen LogP contribution < -0.4 is 16.0 Å². The summed E-state index contributed by atoms with van der Waals surface area (Å²) in [5, 5.41) is 17.8. The van der Waals surface area contributed by atoms with Crippen LogP contribution in [0.25, 0.3) is 0 Å². The second-order valence-corrected chi connectivity index (χ2v) is 6.46. The third-order valence-corrected chi connectivity index (χ3v) is 4.03. The van der Waals surface area contributed by atoms with Crippen molar-refractivity contribution in [1.29, 1.82) is 0 Å². The molecular formula is C17H23N3O6. The number of hydrogen-bond acceptors (Lipinski definition) is 7. The fourth-order valence-electron chi connectivity index (χ4n) is 2.50. The van der Waals surface area contributed by atoms with Crippen LogP contribution in [0.1, 0.15) is 19.4 Å². The third kappa shape index (κ3) is 4.70. The Morgan fingerprint density at radius 2 is 1.92 bits per heavy atom. The van der Waals surface area contributed by atoms with Gasteiger partial charge in [0, 0.05) is 0 Å². The van der Waals surface area contributed by atoms with Crippen LogP contribution in [0.5, 0.6) is 0 Å². The van der Waals surface area contributed by atoms with E-state index in [1.54, 1.807) is 13.8 Å². The molecule has 1 aliphatic heterocycles. The summed E-state index contributed by atoms with van der Waals surface area (Å²) in [4.78, 5) is 35.7. The topological polar surface area (TPSA) is 126 Å². The molecule has 1 aliphatic rings. The zero-order valence-electron chi connectivity index (χ0n) is 14.8. The van der Waals surface area contributed by atoms with Gasteiger partial charge in [0.2, 0.25) is 0 Å². The van der Waals surface area contributed by atoms with E-state index in [4.69, 9.17) is 4.74 Å². The molecule has 0 saturated carbocycles. The first-order chi connectivity index (χ1) is 12.2. The molecule has 0 aromatic heterocycles. The summed E-state index contributed by atoms with van der Waals surface area (Å²) in [5.74, 6) is -1.52. The number of methoxy groups -OCH3 is 1. The van der Waals surface area contributed by atoms with Crippen molar-refractivity contribution in [3.63, 3.8) is 0 Å². The molecule has 0 radical (unpaired) electrons. The highest BCUT2D eigenvalue weighted by Crippen LogP contribution is 2.15. The largest absolute Gasteiger partial charge is 0.468 e. The molecule has 0 spiro atoms. The van der Waals surface area contributed by atoms with E-state index in [1.165, 1.54) is 0 Å². The molecular weight excluding hydrogens is 342 g/mol. The number of ether oxygens (including phenoxy) is 2. The number of carbonyl (C=O) groups is 3. The molecule has 0 bridgehead atoms. The maximum atomic E-state index is 12.1. The highest BCUT2D eigenvalue weighted by Gasteiger charge is 2.45. The summed E-state index contributed by atoms with van der Waals surface area (Å²) in [6, 6.07) is 7.93. The second kappa shape index (κ2) is 8.15. The van der Waals surface area contributed by atoms with Gasteiger partial charge in [-0.15, -0.1) is 0 Å². The van der Waals surface area contributed by atoms with Crippen LogP contribution in [-0.2, 0) is 25.7 Å². The van der Waals surface area contributed by atoms with Gasteiger partial charge in [-0.2, -0.15) is 0 Å². The van der Waals surface area contributed by atoms with Crippen molar-refractivity contribution in [2.75, 3.05) is 7.11 Å². The molecule has 9 heteroatoms. The van der Waals surface area contributed by atoms with Crippen LogP contribution in [0.3, 0.4) is 0 Å². The molecule has 0 aliphatic carbocycles. The van der Waals surface area contributed by atoms with Gasteiger partial charge in [-0.3, -0.25) is 14.9 Å². The van der Waals surface area contributed by atoms with Crippen LogP contribution in [0, 0.1) is 0 Å². The third-order valence-electron chi connectivity index (χ3n) is 4.03. The minimum atomic E-state index is -1.58. The van der Waals surface area contributed by atoms with Gasteiger partial charge >= 0.3 is 12.1 Å². The summed E-state index contributed by atoms with van der Waals surface area (Å²) in [7, 11) is 1.16. The molecule has 2 amide bonds. The summed E-state index contributed by atoms with van der Waals surface area (Å²) in [5.41, 5.74) is -0.186. The molecule has 4 N–H and O–H groups in total. The van der Waals surface area contributed by atoms with Gasteiger partial charge < -0.3 is 25.2 Å². The number of hydrogen-bond donors (Lipinski definition) is 4. The van der Waals surface area contributed by atoms with Crippen molar-refractivity contribution in [2.45, 2.75) is 44.3 Å². The smallest absolute Gasteiger partial charge is 0.408 e. The standard InChI is InChI=1S/C17H23N3O6/c1-17(2,20-16(24)26-9-10-7-5-4-6-8-10)15-18-11(14(23)25-3)12(21)13(22)19-15/h4-8,11-12,15,18,21H,9H2,1-3H3,(H,19,22)(H,20,24). The summed E-state index contributed by atoms with van der Waals surface area (Å²) in [6.07, 6.45) is -3.10. The zero-order valence-corrected chi connectivity index (χ0v) is 14.8. The van der Waals surface area contributed by atoms with Gasteiger partial charge in [0.05, 0.1) is 12.6 Å². The minimum Gasteiger partial charge on any atom is -0.468 e. The molecule has 1 aromatic carbocycles. The average molecular weight is 365 g/mol. The van der Waals surface area contributed by atoms with Crippen molar-refractivity contribution in [2.24, 2.45) is 0 Å².